The van der Waals surface area contributed by atoms with Gasteiger partial charge in [-0.2, -0.15) is 0 Å². The molecule has 430 valence electrons. The molecular formula is C86H68BN3. The summed E-state index contributed by atoms with van der Waals surface area (Å²) in [6.45, 7) is 14.0. The molecule has 0 amide bonds. The number of hydrogen-bond acceptors (Lipinski definition) is 2. The zero-order chi connectivity index (χ0) is 60.8. The minimum absolute atomic E-state index is 0.128. The van der Waals surface area contributed by atoms with Crippen LogP contribution in [0.3, 0.4) is 0 Å². The maximum atomic E-state index is 2.63. The lowest BCUT2D eigenvalue weighted by Gasteiger charge is -2.45. The van der Waals surface area contributed by atoms with Crippen molar-refractivity contribution in [3.05, 3.63) is 314 Å². The monoisotopic (exact) mass is 1150 g/mol. The lowest BCUT2D eigenvalue weighted by Crippen LogP contribution is -2.61. The van der Waals surface area contributed by atoms with Gasteiger partial charge in [0.1, 0.15) is 0 Å². The number of anilines is 6. The molecule has 4 heteroatoms. The highest BCUT2D eigenvalue weighted by Gasteiger charge is 2.45. The van der Waals surface area contributed by atoms with Crippen LogP contribution in [0.4, 0.5) is 34.1 Å². The Balaban J connectivity index is 1.08. The molecule has 14 aromatic rings. The highest BCUT2D eigenvalue weighted by molar-refractivity contribution is 7.00. The molecule has 3 heterocycles. The van der Waals surface area contributed by atoms with Crippen LogP contribution in [0.15, 0.2) is 303 Å². The van der Waals surface area contributed by atoms with E-state index in [1.807, 2.05) is 0 Å². The van der Waals surface area contributed by atoms with Gasteiger partial charge in [-0.05, 0) is 178 Å². The number of fused-ring (bicyclic) bond motifs is 7. The Bertz CT molecular complexity index is 4630. The van der Waals surface area contributed by atoms with Gasteiger partial charge in [0.15, 0.2) is 0 Å². The van der Waals surface area contributed by atoms with Gasteiger partial charge in [0.05, 0.1) is 16.7 Å². The summed E-state index contributed by atoms with van der Waals surface area (Å²) in [5.41, 5.74) is 30.4. The summed E-state index contributed by atoms with van der Waals surface area (Å²) in [5.74, 6) is 0. The van der Waals surface area contributed by atoms with Crippen molar-refractivity contribution in [2.75, 3.05) is 9.80 Å². The molecule has 3 nitrogen and oxygen atoms in total. The fourth-order valence-electron chi connectivity index (χ4n) is 14.2. The minimum atomic E-state index is -0.143. The van der Waals surface area contributed by atoms with Gasteiger partial charge >= 0.3 is 0 Å². The first-order chi connectivity index (χ1) is 43.9. The summed E-state index contributed by atoms with van der Waals surface area (Å²) < 4.78 is 2.58. The van der Waals surface area contributed by atoms with E-state index in [1.165, 1.54) is 94.2 Å². The Hall–Kier alpha value is -10.7. The first-order valence-corrected chi connectivity index (χ1v) is 31.7. The van der Waals surface area contributed by atoms with Crippen LogP contribution in [0.2, 0.25) is 0 Å². The fourth-order valence-corrected chi connectivity index (χ4v) is 14.2. The van der Waals surface area contributed by atoms with Crippen LogP contribution >= 0.6 is 0 Å². The van der Waals surface area contributed by atoms with E-state index >= 15 is 0 Å². The van der Waals surface area contributed by atoms with Gasteiger partial charge in [-0.1, -0.05) is 272 Å². The molecule has 2 aliphatic rings. The molecule has 0 bridgehead atoms. The van der Waals surface area contributed by atoms with Crippen LogP contribution in [0.1, 0.15) is 52.7 Å². The molecule has 2 aliphatic heterocycles. The SMILES string of the molecule is CC(C)(C)c1ccc2c(c1)B1c3cc(C(C)(C)C)ccc3N(c3cc(-c4ccccc4)cc(-c4ccccc4)c3)c3cc(-n4c5cc(-c6ccccc6)ccc5c5ccc(-c6ccccc6)cc54)cc(c31)N2c1cc(-c2ccccc2)cc(-c2ccccc2)c1. The predicted octanol–water partition coefficient (Wildman–Crippen LogP) is 21.5. The van der Waals surface area contributed by atoms with Gasteiger partial charge in [0.2, 0.25) is 0 Å². The quantitative estimate of drug-likeness (QED) is 0.133. The molecule has 0 unspecified atom stereocenters. The van der Waals surface area contributed by atoms with Crippen molar-refractivity contribution in [1.82, 2.24) is 4.57 Å². The smallest absolute Gasteiger partial charge is 0.252 e. The summed E-state index contributed by atoms with van der Waals surface area (Å²) in [4.78, 5) is 5.26. The Morgan fingerprint density at radius 2 is 0.556 bits per heavy atom. The Morgan fingerprint density at radius 1 is 0.244 bits per heavy atom. The standard InChI is InChI=1S/C86H68BN3/c1-85(2,3)69-39-43-78-76(53-69)87-77-54-70(86(4,5)6)40-44-79(77)89(72-49-67(61-33-21-11-22-34-61)46-68(50-72)62-35-23-12-24-36-62)83-56-73(55-82(84(83)87)88(78)71-47-65(59-29-17-9-18-30-59)45-66(48-71)60-31-19-10-20-32-60)90-80-51-63(57-25-13-7-14-26-57)37-41-74(80)75-42-38-64(52-81(75)90)58-27-15-8-16-28-58/h7-56H,1-6H3. The topological polar surface area (TPSA) is 11.4 Å². The van der Waals surface area contributed by atoms with Crippen molar-refractivity contribution in [1.29, 1.82) is 0 Å². The Kier molecular flexibility index (Phi) is 13.1. The molecule has 0 saturated carbocycles. The lowest BCUT2D eigenvalue weighted by molar-refractivity contribution is 0.590. The number of aromatic nitrogens is 1. The van der Waals surface area contributed by atoms with Crippen molar-refractivity contribution in [3.8, 4) is 72.4 Å². The van der Waals surface area contributed by atoms with E-state index in [4.69, 9.17) is 0 Å². The first-order valence-electron chi connectivity index (χ1n) is 31.7. The van der Waals surface area contributed by atoms with Crippen molar-refractivity contribution in [3.63, 3.8) is 0 Å². The van der Waals surface area contributed by atoms with Gasteiger partial charge in [-0.3, -0.25) is 0 Å². The minimum Gasteiger partial charge on any atom is -0.311 e. The average molecular weight is 1150 g/mol. The van der Waals surface area contributed by atoms with E-state index in [1.54, 1.807) is 0 Å². The zero-order valence-electron chi connectivity index (χ0n) is 51.8. The normalized spacial score (nSPS) is 12.7. The van der Waals surface area contributed by atoms with E-state index in [2.05, 4.69) is 359 Å². The molecule has 0 N–H and O–H groups in total. The molecule has 1 aromatic heterocycles. The molecule has 90 heavy (non-hydrogen) atoms. The molecule has 16 rings (SSSR count). The third-order valence-corrected chi connectivity index (χ3v) is 18.8. The first kappa shape index (κ1) is 54.7. The van der Waals surface area contributed by atoms with Crippen LogP contribution in [0.25, 0.3) is 94.3 Å². The van der Waals surface area contributed by atoms with Crippen molar-refractivity contribution < 1.29 is 0 Å². The van der Waals surface area contributed by atoms with E-state index in [0.29, 0.717) is 0 Å². The number of benzene rings is 13. The van der Waals surface area contributed by atoms with E-state index in [-0.39, 0.29) is 17.5 Å². The molecular weight excluding hydrogens is 1090 g/mol. The summed E-state index contributed by atoms with van der Waals surface area (Å²) in [7, 11) is 0. The maximum absolute atomic E-state index is 2.63. The van der Waals surface area contributed by atoms with Gasteiger partial charge in [-0.25, -0.2) is 0 Å². The van der Waals surface area contributed by atoms with E-state index in [0.717, 1.165) is 61.7 Å². The molecule has 0 atom stereocenters. The second-order valence-electron chi connectivity index (χ2n) is 26.6. The average Bonchev–Trinajstić information content (AvgIpc) is 0.842. The van der Waals surface area contributed by atoms with Gasteiger partial charge < -0.3 is 14.4 Å². The van der Waals surface area contributed by atoms with Crippen molar-refractivity contribution >= 4 is 79.0 Å². The zero-order valence-corrected chi connectivity index (χ0v) is 51.8. The Morgan fingerprint density at radius 3 is 0.867 bits per heavy atom. The van der Waals surface area contributed by atoms with E-state index < -0.39 is 0 Å². The Labute approximate surface area is 529 Å². The van der Waals surface area contributed by atoms with Crippen LogP contribution < -0.4 is 26.2 Å². The molecule has 0 saturated heterocycles. The largest absolute Gasteiger partial charge is 0.311 e. The maximum Gasteiger partial charge on any atom is 0.252 e. The summed E-state index contributed by atoms with van der Waals surface area (Å²) in [6, 6.07) is 114. The molecule has 0 fully saturated rings. The van der Waals surface area contributed by atoms with Crippen LogP contribution in [-0.4, -0.2) is 11.3 Å². The molecule has 0 radical (unpaired) electrons. The molecule has 0 spiro atoms. The van der Waals surface area contributed by atoms with Crippen LogP contribution in [0.5, 0.6) is 0 Å². The second-order valence-corrected chi connectivity index (χ2v) is 26.6. The van der Waals surface area contributed by atoms with Gasteiger partial charge in [0.25, 0.3) is 6.71 Å². The van der Waals surface area contributed by atoms with Crippen LogP contribution in [-0.2, 0) is 10.8 Å². The number of rotatable bonds is 9. The van der Waals surface area contributed by atoms with Crippen LogP contribution in [0, 0.1) is 0 Å². The van der Waals surface area contributed by atoms with Gasteiger partial charge in [0, 0.05) is 44.9 Å². The lowest BCUT2D eigenvalue weighted by atomic mass is 9.33. The van der Waals surface area contributed by atoms with Gasteiger partial charge in [-0.15, -0.1) is 0 Å². The molecule has 13 aromatic carbocycles. The summed E-state index contributed by atoms with van der Waals surface area (Å²) in [5, 5.41) is 2.40. The highest BCUT2D eigenvalue weighted by atomic mass is 15.2. The number of hydrogen-bond donors (Lipinski definition) is 0. The van der Waals surface area contributed by atoms with Crippen molar-refractivity contribution in [2.45, 2.75) is 52.4 Å². The summed E-state index contributed by atoms with van der Waals surface area (Å²) in [6.07, 6.45) is 0. The van der Waals surface area contributed by atoms with E-state index in [9.17, 15) is 0 Å². The predicted molar refractivity (Wildman–Crippen MR) is 385 cm³/mol. The third-order valence-electron chi connectivity index (χ3n) is 18.8. The second kappa shape index (κ2) is 21.6. The number of nitrogens with zero attached hydrogens (tertiary/aromatic N) is 3. The fraction of sp³-hybridized carbons (Fsp3) is 0.0930. The third kappa shape index (κ3) is 9.54. The highest BCUT2D eigenvalue weighted by Crippen LogP contribution is 2.50. The molecule has 0 aliphatic carbocycles. The summed E-state index contributed by atoms with van der Waals surface area (Å²) >= 11 is 0. The van der Waals surface area contributed by atoms with Crippen molar-refractivity contribution in [2.24, 2.45) is 0 Å².